The van der Waals surface area contributed by atoms with Gasteiger partial charge in [0.1, 0.15) is 11.9 Å². The molecule has 1 atom stereocenters. The van der Waals surface area contributed by atoms with Gasteiger partial charge in [-0.05, 0) is 37.3 Å². The molecule has 132 valence electrons. The molecule has 0 saturated carbocycles. The van der Waals surface area contributed by atoms with Crippen LogP contribution in [0, 0.1) is 5.82 Å². The lowest BCUT2D eigenvalue weighted by molar-refractivity contribution is -0.119. The van der Waals surface area contributed by atoms with E-state index < -0.39 is 23.3 Å². The molecule has 0 radical (unpaired) electrons. The first kappa shape index (κ1) is 17.8. The molecule has 0 bridgehead atoms. The maximum absolute atomic E-state index is 13.7. The quantitative estimate of drug-likeness (QED) is 0.756. The van der Waals surface area contributed by atoms with E-state index >= 15 is 0 Å². The Balaban J connectivity index is 1.90. The predicted octanol–water partition coefficient (Wildman–Crippen LogP) is 3.90. The summed E-state index contributed by atoms with van der Waals surface area (Å²) in [5.74, 6) is -1.10. The number of carbonyl (C=O) groups excluding carboxylic acids is 1. The minimum atomic E-state index is -0.929. The summed E-state index contributed by atoms with van der Waals surface area (Å²) in [5.41, 5.74) is 0.820. The van der Waals surface area contributed by atoms with Crippen molar-refractivity contribution in [1.82, 2.24) is 9.78 Å². The van der Waals surface area contributed by atoms with Crippen molar-refractivity contribution in [3.63, 3.8) is 0 Å². The topological polar surface area (TPSA) is 64.0 Å². The molecule has 0 spiro atoms. The van der Waals surface area contributed by atoms with E-state index in [9.17, 15) is 14.0 Å². The van der Waals surface area contributed by atoms with E-state index in [4.69, 9.17) is 11.6 Å². The largest absolute Gasteiger partial charge is 0.322 e. The third-order valence-electron chi connectivity index (χ3n) is 3.82. The lowest BCUT2D eigenvalue weighted by Crippen LogP contribution is -2.33. The number of aromatic nitrogens is 2. The summed E-state index contributed by atoms with van der Waals surface area (Å²) in [6.07, 6.45) is 0. The van der Waals surface area contributed by atoms with Crippen LogP contribution in [0.3, 0.4) is 0 Å². The molecule has 0 aliphatic carbocycles. The fourth-order valence-electron chi connectivity index (χ4n) is 2.42. The van der Waals surface area contributed by atoms with Crippen LogP contribution >= 0.6 is 11.6 Å². The molecule has 26 heavy (non-hydrogen) atoms. The summed E-state index contributed by atoms with van der Waals surface area (Å²) >= 11 is 5.99. The monoisotopic (exact) mass is 371 g/mol. The van der Waals surface area contributed by atoms with E-state index in [1.54, 1.807) is 36.4 Å². The molecule has 0 saturated heterocycles. The molecule has 2 aromatic carbocycles. The summed E-state index contributed by atoms with van der Waals surface area (Å²) in [4.78, 5) is 24.6. The first-order valence-corrected chi connectivity index (χ1v) is 8.25. The zero-order chi connectivity index (χ0) is 18.7. The number of para-hydroxylation sites is 1. The van der Waals surface area contributed by atoms with Crippen LogP contribution < -0.4 is 10.9 Å². The second-order valence-corrected chi connectivity index (χ2v) is 6.09. The van der Waals surface area contributed by atoms with Gasteiger partial charge in [0.25, 0.3) is 5.56 Å². The highest BCUT2D eigenvalue weighted by molar-refractivity contribution is 6.30. The van der Waals surface area contributed by atoms with Crippen LogP contribution in [-0.4, -0.2) is 15.7 Å². The van der Waals surface area contributed by atoms with Crippen molar-refractivity contribution >= 4 is 23.2 Å². The summed E-state index contributed by atoms with van der Waals surface area (Å²) in [7, 11) is 0. The highest BCUT2D eigenvalue weighted by Gasteiger charge is 2.19. The molecule has 3 aromatic rings. The van der Waals surface area contributed by atoms with Crippen LogP contribution in [0.4, 0.5) is 10.1 Å². The van der Waals surface area contributed by atoms with Gasteiger partial charge < -0.3 is 5.32 Å². The second kappa shape index (κ2) is 7.49. The number of hydrogen-bond acceptors (Lipinski definition) is 3. The second-order valence-electron chi connectivity index (χ2n) is 5.66. The van der Waals surface area contributed by atoms with Crippen LogP contribution in [-0.2, 0) is 4.79 Å². The number of nitrogens with one attached hydrogen (secondary N) is 1. The standard InChI is InChI=1S/C19H15ClFN3O2/c1-12(19(26)22-17-8-3-2-7-15(17)21)24-18(25)10-9-16(23-24)13-5-4-6-14(20)11-13/h2-12H,1H3,(H,22,26)/t12-/m1/s1. The lowest BCUT2D eigenvalue weighted by atomic mass is 10.1. The Kier molecular flexibility index (Phi) is 5.14. The molecule has 0 fully saturated rings. The molecule has 7 heteroatoms. The number of rotatable bonds is 4. The summed E-state index contributed by atoms with van der Waals surface area (Å²) in [6, 6.07) is 14.8. The number of amides is 1. The molecule has 5 nitrogen and oxygen atoms in total. The SMILES string of the molecule is C[C@H](C(=O)Nc1ccccc1F)n1nc(-c2cccc(Cl)c2)ccc1=O. The number of nitrogens with zero attached hydrogens (tertiary/aromatic N) is 2. The van der Waals surface area contributed by atoms with Gasteiger partial charge in [-0.25, -0.2) is 9.07 Å². The highest BCUT2D eigenvalue weighted by Crippen LogP contribution is 2.20. The number of anilines is 1. The van der Waals surface area contributed by atoms with Gasteiger partial charge in [-0.1, -0.05) is 35.9 Å². The van der Waals surface area contributed by atoms with E-state index in [0.29, 0.717) is 16.3 Å². The maximum Gasteiger partial charge on any atom is 0.267 e. The molecule has 1 heterocycles. The Morgan fingerprint density at radius 1 is 1.15 bits per heavy atom. The van der Waals surface area contributed by atoms with Crippen molar-refractivity contribution < 1.29 is 9.18 Å². The molecule has 0 unspecified atom stereocenters. The highest BCUT2D eigenvalue weighted by atomic mass is 35.5. The Hall–Kier alpha value is -2.99. The molecule has 3 rings (SSSR count). The van der Waals surface area contributed by atoms with E-state index in [1.165, 1.54) is 31.2 Å². The predicted molar refractivity (Wildman–Crippen MR) is 98.7 cm³/mol. The van der Waals surface area contributed by atoms with E-state index in [1.807, 2.05) is 0 Å². The zero-order valence-electron chi connectivity index (χ0n) is 13.8. The normalized spacial score (nSPS) is 11.8. The van der Waals surface area contributed by atoms with Gasteiger partial charge >= 0.3 is 0 Å². The van der Waals surface area contributed by atoms with Gasteiger partial charge in [0, 0.05) is 16.7 Å². The summed E-state index contributed by atoms with van der Waals surface area (Å²) in [5, 5.41) is 7.26. The van der Waals surface area contributed by atoms with Gasteiger partial charge in [0.15, 0.2) is 0 Å². The third kappa shape index (κ3) is 3.81. The van der Waals surface area contributed by atoms with Gasteiger partial charge in [0.05, 0.1) is 11.4 Å². The number of carbonyl (C=O) groups is 1. The van der Waals surface area contributed by atoms with Crippen molar-refractivity contribution in [2.75, 3.05) is 5.32 Å². The van der Waals surface area contributed by atoms with E-state index in [2.05, 4.69) is 10.4 Å². The molecule has 1 N–H and O–H groups in total. The molecule has 0 aliphatic heterocycles. The minimum absolute atomic E-state index is 0.0448. The summed E-state index contributed by atoms with van der Waals surface area (Å²) < 4.78 is 14.8. The van der Waals surface area contributed by atoms with E-state index in [0.717, 1.165) is 4.68 Å². The fourth-order valence-corrected chi connectivity index (χ4v) is 2.61. The van der Waals surface area contributed by atoms with Crippen LogP contribution in [0.2, 0.25) is 5.02 Å². The number of halogens is 2. The molecular formula is C19H15ClFN3O2. The lowest BCUT2D eigenvalue weighted by Gasteiger charge is -2.15. The van der Waals surface area contributed by atoms with Crippen LogP contribution in [0.1, 0.15) is 13.0 Å². The number of hydrogen-bond donors (Lipinski definition) is 1. The van der Waals surface area contributed by atoms with Crippen molar-refractivity contribution in [2.24, 2.45) is 0 Å². The molecule has 1 amide bonds. The minimum Gasteiger partial charge on any atom is -0.322 e. The Morgan fingerprint density at radius 3 is 2.65 bits per heavy atom. The van der Waals surface area contributed by atoms with Crippen LogP contribution in [0.5, 0.6) is 0 Å². The van der Waals surface area contributed by atoms with Crippen molar-refractivity contribution in [3.05, 3.63) is 81.9 Å². The molecular weight excluding hydrogens is 357 g/mol. The zero-order valence-corrected chi connectivity index (χ0v) is 14.6. The maximum atomic E-state index is 13.7. The van der Waals surface area contributed by atoms with Gasteiger partial charge in [-0.2, -0.15) is 5.10 Å². The Bertz CT molecular complexity index is 1020. The molecule has 1 aromatic heterocycles. The number of benzene rings is 2. The third-order valence-corrected chi connectivity index (χ3v) is 4.06. The van der Waals surface area contributed by atoms with Crippen molar-refractivity contribution in [3.8, 4) is 11.3 Å². The van der Waals surface area contributed by atoms with Crippen LogP contribution in [0.25, 0.3) is 11.3 Å². The smallest absolute Gasteiger partial charge is 0.267 e. The first-order chi connectivity index (χ1) is 12.5. The van der Waals surface area contributed by atoms with Gasteiger partial charge in [0.2, 0.25) is 5.91 Å². The van der Waals surface area contributed by atoms with Gasteiger partial charge in [-0.15, -0.1) is 0 Å². The van der Waals surface area contributed by atoms with Crippen LogP contribution in [0.15, 0.2) is 65.5 Å². The average molecular weight is 372 g/mol. The first-order valence-electron chi connectivity index (χ1n) is 7.87. The van der Waals surface area contributed by atoms with Crippen molar-refractivity contribution in [2.45, 2.75) is 13.0 Å². The average Bonchev–Trinajstić information content (AvgIpc) is 2.63. The molecule has 0 aliphatic rings. The van der Waals surface area contributed by atoms with Gasteiger partial charge in [-0.3, -0.25) is 9.59 Å². The van der Waals surface area contributed by atoms with Crippen molar-refractivity contribution in [1.29, 1.82) is 0 Å². The fraction of sp³-hybridized carbons (Fsp3) is 0.105. The van der Waals surface area contributed by atoms with E-state index in [-0.39, 0.29) is 5.69 Å². The Labute approximate surface area is 154 Å². The summed E-state index contributed by atoms with van der Waals surface area (Å²) in [6.45, 7) is 1.52. The Morgan fingerprint density at radius 2 is 1.92 bits per heavy atom.